The van der Waals surface area contributed by atoms with E-state index >= 15 is 0 Å². The van der Waals surface area contributed by atoms with E-state index < -0.39 is 0 Å². The number of aromatic nitrogens is 1. The summed E-state index contributed by atoms with van der Waals surface area (Å²) in [5, 5.41) is 9.25. The van der Waals surface area contributed by atoms with E-state index in [2.05, 4.69) is 30.5 Å². The molecule has 1 aliphatic heterocycles. The minimum Gasteiger partial charge on any atom is -0.389 e. The predicted octanol–water partition coefficient (Wildman–Crippen LogP) is 1.91. The van der Waals surface area contributed by atoms with Gasteiger partial charge in [-0.3, -0.25) is 4.79 Å². The lowest BCUT2D eigenvalue weighted by atomic mass is 10.1. The Balaban J connectivity index is 1.83. The van der Waals surface area contributed by atoms with Crippen LogP contribution in [0.25, 0.3) is 5.69 Å². The summed E-state index contributed by atoms with van der Waals surface area (Å²) in [6.07, 6.45) is -0.358. The number of aliphatic hydroxyl groups excluding tert-OH is 1. The Morgan fingerprint density at radius 3 is 2.10 bits per heavy atom. The van der Waals surface area contributed by atoms with Crippen molar-refractivity contribution in [2.45, 2.75) is 20.0 Å². The molecule has 0 spiro atoms. The maximum atomic E-state index is 12.1. The van der Waals surface area contributed by atoms with E-state index in [9.17, 15) is 9.90 Å². The number of β-amino-alcohol motifs (C(OH)–C–C–N with tert-alkyl or cyclic N) is 1. The molecule has 20 heavy (non-hydrogen) atoms. The standard InChI is InChI=1S/C16H18N2O2/c1-11-3-4-12(2)18(11)14-7-5-13(6-8-14)16(20)17-9-15(19)10-17/h3-8,15,19H,9-10H2,1-2H3. The van der Waals surface area contributed by atoms with Crippen molar-refractivity contribution in [3.05, 3.63) is 53.3 Å². The highest BCUT2D eigenvalue weighted by molar-refractivity contribution is 5.95. The number of benzene rings is 1. The number of aliphatic hydroxyl groups is 1. The van der Waals surface area contributed by atoms with Crippen LogP contribution in [0.4, 0.5) is 0 Å². The first-order valence-corrected chi connectivity index (χ1v) is 6.79. The number of rotatable bonds is 2. The molecule has 0 unspecified atom stereocenters. The van der Waals surface area contributed by atoms with Crippen LogP contribution in [0.15, 0.2) is 36.4 Å². The summed E-state index contributed by atoms with van der Waals surface area (Å²) in [5.74, 6) is -0.0113. The maximum Gasteiger partial charge on any atom is 0.254 e. The second kappa shape index (κ2) is 4.80. The predicted molar refractivity (Wildman–Crippen MR) is 77.2 cm³/mol. The van der Waals surface area contributed by atoms with E-state index in [1.54, 1.807) is 4.90 Å². The van der Waals surface area contributed by atoms with Crippen LogP contribution in [-0.2, 0) is 0 Å². The number of carbonyl (C=O) groups is 1. The zero-order valence-electron chi connectivity index (χ0n) is 11.7. The molecule has 1 amide bonds. The lowest BCUT2D eigenvalue weighted by Gasteiger charge is -2.35. The zero-order valence-corrected chi connectivity index (χ0v) is 11.7. The molecule has 4 heteroatoms. The Hall–Kier alpha value is -2.07. The molecule has 2 heterocycles. The van der Waals surface area contributed by atoms with Crippen molar-refractivity contribution in [2.75, 3.05) is 13.1 Å². The van der Waals surface area contributed by atoms with Crippen LogP contribution >= 0.6 is 0 Å². The number of carbonyl (C=O) groups excluding carboxylic acids is 1. The average Bonchev–Trinajstić information content (AvgIpc) is 2.74. The molecule has 1 aromatic carbocycles. The van der Waals surface area contributed by atoms with Gasteiger partial charge in [-0.2, -0.15) is 0 Å². The smallest absolute Gasteiger partial charge is 0.254 e. The van der Waals surface area contributed by atoms with Gasteiger partial charge in [0.1, 0.15) is 0 Å². The van der Waals surface area contributed by atoms with Gasteiger partial charge in [-0.1, -0.05) is 0 Å². The topological polar surface area (TPSA) is 45.5 Å². The fourth-order valence-corrected chi connectivity index (χ4v) is 2.63. The Morgan fingerprint density at radius 2 is 1.60 bits per heavy atom. The van der Waals surface area contributed by atoms with Gasteiger partial charge in [-0.25, -0.2) is 0 Å². The van der Waals surface area contributed by atoms with Gasteiger partial charge in [0.15, 0.2) is 0 Å². The summed E-state index contributed by atoms with van der Waals surface area (Å²) in [5.41, 5.74) is 4.08. The first-order valence-electron chi connectivity index (χ1n) is 6.79. The van der Waals surface area contributed by atoms with E-state index in [1.807, 2.05) is 24.3 Å². The largest absolute Gasteiger partial charge is 0.389 e. The molecule has 0 saturated carbocycles. The van der Waals surface area contributed by atoms with Crippen molar-refractivity contribution >= 4 is 5.91 Å². The monoisotopic (exact) mass is 270 g/mol. The van der Waals surface area contributed by atoms with E-state index in [0.717, 1.165) is 5.69 Å². The van der Waals surface area contributed by atoms with Gasteiger partial charge < -0.3 is 14.6 Å². The van der Waals surface area contributed by atoms with E-state index in [-0.39, 0.29) is 12.0 Å². The minimum atomic E-state index is -0.358. The van der Waals surface area contributed by atoms with Gasteiger partial charge in [0, 0.05) is 35.7 Å². The molecule has 1 aliphatic rings. The van der Waals surface area contributed by atoms with Crippen molar-refractivity contribution in [3.8, 4) is 5.69 Å². The SMILES string of the molecule is Cc1ccc(C)n1-c1ccc(C(=O)N2CC(O)C2)cc1. The Kier molecular flexibility index (Phi) is 3.10. The normalized spacial score (nSPS) is 15.2. The van der Waals surface area contributed by atoms with E-state index in [1.165, 1.54) is 11.4 Å². The summed E-state index contributed by atoms with van der Waals surface area (Å²) < 4.78 is 2.15. The van der Waals surface area contributed by atoms with Crippen LogP contribution < -0.4 is 0 Å². The van der Waals surface area contributed by atoms with Crippen LogP contribution in [0.5, 0.6) is 0 Å². The van der Waals surface area contributed by atoms with Gasteiger partial charge in [-0.15, -0.1) is 0 Å². The van der Waals surface area contributed by atoms with Crippen LogP contribution in [0.1, 0.15) is 21.7 Å². The minimum absolute atomic E-state index is 0.0113. The lowest BCUT2D eigenvalue weighted by molar-refractivity contribution is 0.00589. The van der Waals surface area contributed by atoms with Crippen molar-refractivity contribution in [1.29, 1.82) is 0 Å². The molecule has 104 valence electrons. The van der Waals surface area contributed by atoms with Gasteiger partial charge in [0.25, 0.3) is 5.91 Å². The molecule has 0 bridgehead atoms. The third-order valence-electron chi connectivity index (χ3n) is 3.79. The van der Waals surface area contributed by atoms with Crippen LogP contribution in [0, 0.1) is 13.8 Å². The highest BCUT2D eigenvalue weighted by atomic mass is 16.3. The lowest BCUT2D eigenvalue weighted by Crippen LogP contribution is -2.53. The first-order chi connectivity index (χ1) is 9.56. The van der Waals surface area contributed by atoms with Gasteiger partial charge >= 0.3 is 0 Å². The summed E-state index contributed by atoms with van der Waals surface area (Å²) in [7, 11) is 0. The zero-order chi connectivity index (χ0) is 14.3. The number of likely N-dealkylation sites (tertiary alicyclic amines) is 1. The van der Waals surface area contributed by atoms with Crippen LogP contribution in [-0.4, -0.2) is 39.7 Å². The van der Waals surface area contributed by atoms with Crippen molar-refractivity contribution in [2.24, 2.45) is 0 Å². The van der Waals surface area contributed by atoms with Gasteiger partial charge in [0.2, 0.25) is 0 Å². The molecule has 4 nitrogen and oxygen atoms in total. The van der Waals surface area contributed by atoms with Crippen LogP contribution in [0.3, 0.4) is 0 Å². The number of amides is 1. The highest BCUT2D eigenvalue weighted by Crippen LogP contribution is 2.19. The molecule has 1 N–H and O–H groups in total. The average molecular weight is 270 g/mol. The molecule has 1 saturated heterocycles. The molecule has 2 aromatic rings. The molecule has 1 fully saturated rings. The second-order valence-electron chi connectivity index (χ2n) is 5.36. The molecule has 0 atom stereocenters. The van der Waals surface area contributed by atoms with E-state index in [0.29, 0.717) is 18.7 Å². The van der Waals surface area contributed by atoms with Crippen LogP contribution in [0.2, 0.25) is 0 Å². The Morgan fingerprint density at radius 1 is 1.05 bits per heavy atom. The summed E-state index contributed by atoms with van der Waals surface area (Å²) in [6, 6.07) is 11.8. The van der Waals surface area contributed by atoms with Crippen molar-refractivity contribution in [1.82, 2.24) is 9.47 Å². The molecule has 1 aromatic heterocycles. The summed E-state index contributed by atoms with van der Waals surface area (Å²) in [6.45, 7) is 5.01. The molecule has 0 radical (unpaired) electrons. The van der Waals surface area contributed by atoms with E-state index in [4.69, 9.17) is 0 Å². The second-order valence-corrected chi connectivity index (χ2v) is 5.36. The number of hydrogen-bond donors (Lipinski definition) is 1. The Labute approximate surface area is 118 Å². The number of nitrogens with zero attached hydrogens (tertiary/aromatic N) is 2. The van der Waals surface area contributed by atoms with Crippen molar-refractivity contribution in [3.63, 3.8) is 0 Å². The molecule has 3 rings (SSSR count). The maximum absolute atomic E-state index is 12.1. The van der Waals surface area contributed by atoms with Gasteiger partial charge in [0.05, 0.1) is 6.10 Å². The fraction of sp³-hybridized carbons (Fsp3) is 0.312. The third-order valence-corrected chi connectivity index (χ3v) is 3.79. The van der Waals surface area contributed by atoms with Crippen molar-refractivity contribution < 1.29 is 9.90 Å². The Bertz CT molecular complexity index is 617. The number of aryl methyl sites for hydroxylation is 2. The molecule has 0 aliphatic carbocycles. The quantitative estimate of drug-likeness (QED) is 0.906. The number of hydrogen-bond acceptors (Lipinski definition) is 2. The first kappa shape index (κ1) is 12.9. The van der Waals surface area contributed by atoms with Gasteiger partial charge in [-0.05, 0) is 50.2 Å². The summed E-state index contributed by atoms with van der Waals surface area (Å²) >= 11 is 0. The molecular formula is C16H18N2O2. The molecular weight excluding hydrogens is 252 g/mol. The fourth-order valence-electron chi connectivity index (χ4n) is 2.63. The summed E-state index contributed by atoms with van der Waals surface area (Å²) in [4.78, 5) is 13.8. The third kappa shape index (κ3) is 2.12. The highest BCUT2D eigenvalue weighted by Gasteiger charge is 2.29.